The maximum Gasteiger partial charge on any atom is 0.123 e. The van der Waals surface area contributed by atoms with E-state index in [0.29, 0.717) is 17.3 Å². The van der Waals surface area contributed by atoms with Crippen molar-refractivity contribution in [3.05, 3.63) is 45.4 Å². The van der Waals surface area contributed by atoms with E-state index in [1.165, 1.54) is 5.56 Å². The lowest BCUT2D eigenvalue weighted by molar-refractivity contribution is 0.319. The second-order valence-electron chi connectivity index (χ2n) is 4.36. The van der Waals surface area contributed by atoms with Gasteiger partial charge in [0.25, 0.3) is 0 Å². The van der Waals surface area contributed by atoms with E-state index in [4.69, 9.17) is 22.7 Å². The van der Waals surface area contributed by atoms with E-state index >= 15 is 0 Å². The summed E-state index contributed by atoms with van der Waals surface area (Å²) >= 11 is 6.45. The number of rotatable bonds is 5. The zero-order valence-electron chi connectivity index (χ0n) is 11.0. The summed E-state index contributed by atoms with van der Waals surface area (Å²) in [4.78, 5) is 4.69. The minimum atomic E-state index is 0.345. The van der Waals surface area contributed by atoms with Crippen molar-refractivity contribution in [3.63, 3.8) is 0 Å². The van der Waals surface area contributed by atoms with Crippen molar-refractivity contribution in [1.29, 1.82) is 0 Å². The van der Waals surface area contributed by atoms with Gasteiger partial charge in [-0.15, -0.1) is 11.3 Å². The van der Waals surface area contributed by atoms with E-state index in [-0.39, 0.29) is 0 Å². The van der Waals surface area contributed by atoms with Crippen LogP contribution in [0, 0.1) is 13.8 Å². The molecule has 1 heterocycles. The first-order valence-corrected chi connectivity index (χ1v) is 7.29. The van der Waals surface area contributed by atoms with E-state index in [2.05, 4.69) is 31.0 Å². The van der Waals surface area contributed by atoms with Crippen LogP contribution in [0.1, 0.15) is 21.8 Å². The molecule has 0 radical (unpaired) electrons. The van der Waals surface area contributed by atoms with Gasteiger partial charge in [0.1, 0.15) is 16.4 Å². The molecule has 2 rings (SSSR count). The summed E-state index contributed by atoms with van der Waals surface area (Å²) in [6.45, 7) is 4.73. The Balaban J connectivity index is 1.90. The van der Waals surface area contributed by atoms with Gasteiger partial charge in [0.15, 0.2) is 0 Å². The van der Waals surface area contributed by atoms with E-state index in [0.717, 1.165) is 22.7 Å². The average molecular weight is 292 g/mol. The molecule has 0 atom stereocenters. The molecule has 0 fully saturated rings. The van der Waals surface area contributed by atoms with E-state index in [1.807, 2.05) is 11.4 Å². The van der Waals surface area contributed by atoms with Crippen molar-refractivity contribution in [2.24, 2.45) is 5.73 Å². The molecule has 0 aliphatic rings. The standard InChI is InChI=1S/C14H16N2OS2/c1-9-3-4-12(10(2)7-9)17-6-5-13-16-11(8-19-13)14(15)18/h3-4,7-8H,5-6H2,1-2H3,(H2,15,18). The molecule has 0 bridgehead atoms. The van der Waals surface area contributed by atoms with Gasteiger partial charge in [-0.05, 0) is 25.5 Å². The van der Waals surface area contributed by atoms with Gasteiger partial charge in [-0.3, -0.25) is 0 Å². The fourth-order valence-electron chi connectivity index (χ4n) is 1.75. The van der Waals surface area contributed by atoms with Crippen molar-refractivity contribution < 1.29 is 4.74 Å². The average Bonchev–Trinajstić information content (AvgIpc) is 2.81. The van der Waals surface area contributed by atoms with Crippen LogP contribution in [-0.4, -0.2) is 16.6 Å². The number of hydrogen-bond donors (Lipinski definition) is 1. The second-order valence-corrected chi connectivity index (χ2v) is 5.74. The molecule has 0 saturated heterocycles. The van der Waals surface area contributed by atoms with Crippen molar-refractivity contribution >= 4 is 28.5 Å². The van der Waals surface area contributed by atoms with E-state index in [1.54, 1.807) is 11.3 Å². The Morgan fingerprint density at radius 3 is 2.84 bits per heavy atom. The third-order valence-electron chi connectivity index (χ3n) is 2.71. The smallest absolute Gasteiger partial charge is 0.123 e. The Morgan fingerprint density at radius 1 is 1.42 bits per heavy atom. The van der Waals surface area contributed by atoms with Crippen molar-refractivity contribution in [1.82, 2.24) is 4.98 Å². The highest BCUT2D eigenvalue weighted by Crippen LogP contribution is 2.19. The summed E-state index contributed by atoms with van der Waals surface area (Å²) in [5.41, 5.74) is 8.62. The molecule has 19 heavy (non-hydrogen) atoms. The van der Waals surface area contributed by atoms with Gasteiger partial charge in [0.05, 0.1) is 11.6 Å². The minimum Gasteiger partial charge on any atom is -0.493 e. The first kappa shape index (κ1) is 14.0. The summed E-state index contributed by atoms with van der Waals surface area (Å²) in [7, 11) is 0. The van der Waals surface area contributed by atoms with Gasteiger partial charge in [0.2, 0.25) is 0 Å². The normalized spacial score (nSPS) is 10.4. The second kappa shape index (κ2) is 6.12. The third kappa shape index (κ3) is 3.75. The minimum absolute atomic E-state index is 0.345. The maximum atomic E-state index is 5.77. The highest BCUT2D eigenvalue weighted by molar-refractivity contribution is 7.80. The van der Waals surface area contributed by atoms with Gasteiger partial charge in [-0.2, -0.15) is 0 Å². The van der Waals surface area contributed by atoms with Crippen molar-refractivity contribution in [2.45, 2.75) is 20.3 Å². The molecular formula is C14H16N2OS2. The molecule has 2 aromatic rings. The van der Waals surface area contributed by atoms with Crippen LogP contribution in [0.3, 0.4) is 0 Å². The van der Waals surface area contributed by atoms with E-state index < -0.39 is 0 Å². The summed E-state index contributed by atoms with van der Waals surface area (Å²) in [5, 5.41) is 2.88. The molecule has 3 nitrogen and oxygen atoms in total. The number of nitrogens with zero attached hydrogens (tertiary/aromatic N) is 1. The van der Waals surface area contributed by atoms with Crippen molar-refractivity contribution in [2.75, 3.05) is 6.61 Å². The Labute approximate surface area is 122 Å². The number of ether oxygens (including phenoxy) is 1. The first-order chi connectivity index (χ1) is 9.06. The topological polar surface area (TPSA) is 48.1 Å². The Kier molecular flexibility index (Phi) is 4.50. The lowest BCUT2D eigenvalue weighted by Crippen LogP contribution is -2.10. The summed E-state index contributed by atoms with van der Waals surface area (Å²) < 4.78 is 5.77. The van der Waals surface area contributed by atoms with Crippen LogP contribution < -0.4 is 10.5 Å². The molecule has 5 heteroatoms. The van der Waals surface area contributed by atoms with Crippen LogP contribution >= 0.6 is 23.6 Å². The molecule has 0 amide bonds. The number of thiazole rings is 1. The quantitative estimate of drug-likeness (QED) is 0.861. The molecule has 0 saturated carbocycles. The number of aromatic nitrogens is 1. The third-order valence-corrected chi connectivity index (χ3v) is 3.83. The van der Waals surface area contributed by atoms with Crippen LogP contribution in [0.25, 0.3) is 0 Å². The fourth-order valence-corrected chi connectivity index (χ4v) is 2.71. The monoisotopic (exact) mass is 292 g/mol. The lowest BCUT2D eigenvalue weighted by atomic mass is 10.1. The Hall–Kier alpha value is -1.46. The summed E-state index contributed by atoms with van der Waals surface area (Å²) in [6, 6.07) is 6.17. The van der Waals surface area contributed by atoms with Gasteiger partial charge >= 0.3 is 0 Å². The molecule has 1 aromatic carbocycles. The molecule has 0 unspecified atom stereocenters. The van der Waals surface area contributed by atoms with Crippen molar-refractivity contribution in [3.8, 4) is 5.75 Å². The van der Waals surface area contributed by atoms with Crippen LogP contribution in [-0.2, 0) is 6.42 Å². The SMILES string of the molecule is Cc1ccc(OCCc2nc(C(N)=S)cs2)c(C)c1. The molecule has 2 N–H and O–H groups in total. The fraction of sp³-hybridized carbons (Fsp3) is 0.286. The molecule has 1 aromatic heterocycles. The lowest BCUT2D eigenvalue weighted by Gasteiger charge is -2.08. The highest BCUT2D eigenvalue weighted by atomic mass is 32.1. The Morgan fingerprint density at radius 2 is 2.21 bits per heavy atom. The predicted octanol–water partition coefficient (Wildman–Crippen LogP) is 3.02. The van der Waals surface area contributed by atoms with E-state index in [9.17, 15) is 0 Å². The summed E-state index contributed by atoms with van der Waals surface area (Å²) in [5.74, 6) is 0.928. The van der Waals surface area contributed by atoms with Gasteiger partial charge in [-0.25, -0.2) is 4.98 Å². The molecule has 100 valence electrons. The molecule has 0 spiro atoms. The van der Waals surface area contributed by atoms with Gasteiger partial charge in [0, 0.05) is 11.8 Å². The number of hydrogen-bond acceptors (Lipinski definition) is 4. The van der Waals surface area contributed by atoms with Gasteiger partial charge in [-0.1, -0.05) is 29.9 Å². The molecule has 0 aliphatic heterocycles. The number of aryl methyl sites for hydroxylation is 2. The zero-order chi connectivity index (χ0) is 13.8. The maximum absolute atomic E-state index is 5.77. The number of thiocarbonyl (C=S) groups is 1. The largest absolute Gasteiger partial charge is 0.493 e. The Bertz CT molecular complexity index is 593. The van der Waals surface area contributed by atoms with Crippen LogP contribution in [0.5, 0.6) is 5.75 Å². The molecule has 0 aliphatic carbocycles. The van der Waals surface area contributed by atoms with Crippen LogP contribution in [0.2, 0.25) is 0 Å². The predicted molar refractivity (Wildman–Crippen MR) is 83.1 cm³/mol. The van der Waals surface area contributed by atoms with Crippen LogP contribution in [0.4, 0.5) is 0 Å². The highest BCUT2D eigenvalue weighted by Gasteiger charge is 2.05. The number of nitrogens with two attached hydrogens (primary N) is 1. The molecular weight excluding hydrogens is 276 g/mol. The number of benzene rings is 1. The first-order valence-electron chi connectivity index (χ1n) is 6.00. The zero-order valence-corrected chi connectivity index (χ0v) is 12.6. The summed E-state index contributed by atoms with van der Waals surface area (Å²) in [6.07, 6.45) is 0.764. The van der Waals surface area contributed by atoms with Crippen LogP contribution in [0.15, 0.2) is 23.6 Å². The van der Waals surface area contributed by atoms with Gasteiger partial charge < -0.3 is 10.5 Å².